The number of unbranched alkanes of at least 4 members (excludes halogenated alkanes) is 21. The van der Waals surface area contributed by atoms with E-state index in [9.17, 15) is 45.6 Å². The van der Waals surface area contributed by atoms with Gasteiger partial charge in [0.15, 0.2) is 12.6 Å². The lowest BCUT2D eigenvalue weighted by molar-refractivity contribution is -0.359. The van der Waals surface area contributed by atoms with E-state index in [2.05, 4.69) is 31.3 Å². The van der Waals surface area contributed by atoms with Gasteiger partial charge in [-0.3, -0.25) is 4.79 Å². The summed E-state index contributed by atoms with van der Waals surface area (Å²) in [6, 6.07) is -0.924. The Balaban J connectivity index is 1.89. The Bertz CT molecular complexity index is 1130. The lowest BCUT2D eigenvalue weighted by Crippen LogP contribution is -2.65. The van der Waals surface area contributed by atoms with Crippen molar-refractivity contribution in [2.24, 2.45) is 0 Å². The molecule has 2 fully saturated rings. The van der Waals surface area contributed by atoms with Gasteiger partial charge in [-0.25, -0.2) is 0 Å². The first-order valence-corrected chi connectivity index (χ1v) is 24.1. The maximum absolute atomic E-state index is 13.1. The number of hydrogen-bond acceptors (Lipinski definition) is 13. The van der Waals surface area contributed by atoms with Crippen molar-refractivity contribution in [1.29, 1.82) is 0 Å². The van der Waals surface area contributed by atoms with Gasteiger partial charge in [0.2, 0.25) is 5.91 Å². The van der Waals surface area contributed by atoms with Crippen molar-refractivity contribution >= 4 is 5.91 Å². The van der Waals surface area contributed by atoms with Gasteiger partial charge in [-0.2, -0.15) is 0 Å². The van der Waals surface area contributed by atoms with Gasteiger partial charge < -0.3 is 65.1 Å². The summed E-state index contributed by atoms with van der Waals surface area (Å²) in [4.78, 5) is 13.1. The van der Waals surface area contributed by atoms with Crippen molar-refractivity contribution in [3.05, 3.63) is 24.3 Å². The predicted molar refractivity (Wildman–Crippen MR) is 235 cm³/mol. The Kier molecular flexibility index (Phi) is 31.7. The minimum Gasteiger partial charge on any atom is -0.394 e. The van der Waals surface area contributed by atoms with E-state index in [4.69, 9.17) is 18.9 Å². The van der Waals surface area contributed by atoms with Crippen LogP contribution in [0, 0.1) is 0 Å². The number of aliphatic hydroxyl groups is 8. The first-order valence-electron chi connectivity index (χ1n) is 24.1. The Morgan fingerprint density at radius 1 is 0.574 bits per heavy atom. The molecule has 1 amide bonds. The molecule has 0 aromatic heterocycles. The average Bonchev–Trinajstić information content (AvgIpc) is 3.26. The zero-order chi connectivity index (χ0) is 44.7. The zero-order valence-corrected chi connectivity index (χ0v) is 37.7. The van der Waals surface area contributed by atoms with E-state index in [0.29, 0.717) is 12.8 Å². The van der Waals surface area contributed by atoms with Crippen molar-refractivity contribution in [2.75, 3.05) is 19.8 Å². The molecule has 2 aliphatic rings. The molecule has 2 rings (SSSR count). The molecule has 14 nitrogen and oxygen atoms in total. The molecule has 0 aromatic rings. The fraction of sp³-hybridized carbons (Fsp3) is 0.894. The second-order valence-electron chi connectivity index (χ2n) is 17.2. The Labute approximate surface area is 367 Å². The van der Waals surface area contributed by atoms with Crippen molar-refractivity contribution in [3.63, 3.8) is 0 Å². The van der Waals surface area contributed by atoms with Crippen molar-refractivity contribution in [1.82, 2.24) is 5.32 Å². The molecule has 0 bridgehead atoms. The number of hydrogen-bond donors (Lipinski definition) is 9. The van der Waals surface area contributed by atoms with Crippen molar-refractivity contribution < 1.29 is 64.6 Å². The van der Waals surface area contributed by atoms with E-state index in [-0.39, 0.29) is 18.9 Å². The quantitative estimate of drug-likeness (QED) is 0.0285. The fourth-order valence-corrected chi connectivity index (χ4v) is 7.89. The summed E-state index contributed by atoms with van der Waals surface area (Å²) in [5.41, 5.74) is 0. The molecule has 9 N–H and O–H groups in total. The molecule has 0 aliphatic carbocycles. The molecule has 2 heterocycles. The first kappa shape index (κ1) is 55.6. The largest absolute Gasteiger partial charge is 0.394 e. The monoisotopic (exact) mass is 874 g/mol. The van der Waals surface area contributed by atoms with Crippen LogP contribution in [0.4, 0.5) is 0 Å². The molecule has 0 saturated carbocycles. The van der Waals surface area contributed by atoms with Gasteiger partial charge in [0.05, 0.1) is 32.0 Å². The standard InChI is InChI=1S/C47H87NO13/c1-3-5-7-9-11-13-15-16-17-18-19-20-21-22-24-26-28-30-36(51)35(48-39(52)31-29-27-25-23-14-12-10-8-6-4-2)34-58-46-44(57)42(55)45(38(33-50)60-46)61-47-43(56)41(54)40(53)37(32-49)59-47/h21-22,28,30,35-38,40-47,49-51,53-57H,3-20,23-27,29,31-34H2,1-2H3,(H,48,52)/b22-21+,30-28+. The Morgan fingerprint density at radius 2 is 1.05 bits per heavy atom. The minimum atomic E-state index is -1.79. The number of carbonyl (C=O) groups is 1. The van der Waals surface area contributed by atoms with E-state index in [1.165, 1.54) is 109 Å². The van der Waals surface area contributed by atoms with E-state index in [0.717, 1.165) is 32.1 Å². The number of allylic oxidation sites excluding steroid dienone is 3. The summed E-state index contributed by atoms with van der Waals surface area (Å²) < 4.78 is 22.6. The molecular weight excluding hydrogens is 787 g/mol. The predicted octanol–water partition coefficient (Wildman–Crippen LogP) is 5.38. The second kappa shape index (κ2) is 34.8. The molecule has 358 valence electrons. The zero-order valence-electron chi connectivity index (χ0n) is 37.7. The van der Waals surface area contributed by atoms with E-state index < -0.39 is 86.8 Å². The summed E-state index contributed by atoms with van der Waals surface area (Å²) in [6.07, 6.45) is 19.5. The molecule has 14 heteroatoms. The third kappa shape index (κ3) is 22.8. The van der Waals surface area contributed by atoms with Gasteiger partial charge in [-0.1, -0.05) is 160 Å². The third-order valence-corrected chi connectivity index (χ3v) is 11.9. The highest BCUT2D eigenvalue weighted by Gasteiger charge is 2.51. The van der Waals surface area contributed by atoms with Gasteiger partial charge in [-0.15, -0.1) is 0 Å². The van der Waals surface area contributed by atoms with E-state index >= 15 is 0 Å². The van der Waals surface area contributed by atoms with Crippen LogP contribution in [0.1, 0.15) is 174 Å². The maximum Gasteiger partial charge on any atom is 0.220 e. The van der Waals surface area contributed by atoms with Gasteiger partial charge in [-0.05, 0) is 32.1 Å². The Morgan fingerprint density at radius 3 is 1.61 bits per heavy atom. The summed E-state index contributed by atoms with van der Waals surface area (Å²) in [7, 11) is 0. The van der Waals surface area contributed by atoms with Gasteiger partial charge in [0, 0.05) is 6.42 Å². The molecule has 0 aromatic carbocycles. The number of aliphatic hydroxyl groups excluding tert-OH is 8. The SMILES string of the molecule is CCCCCCCCCCCCC/C=C/CC/C=C/C(O)C(COC1OC(CO)C(OC2OC(CO)C(O)C(O)C2O)C(O)C1O)NC(=O)CCCCCCCCCCCC. The molecule has 0 radical (unpaired) electrons. The maximum atomic E-state index is 13.1. The highest BCUT2D eigenvalue weighted by atomic mass is 16.7. The van der Waals surface area contributed by atoms with Crippen molar-refractivity contribution in [2.45, 2.75) is 248 Å². The molecule has 12 unspecified atom stereocenters. The van der Waals surface area contributed by atoms with Crippen LogP contribution in [0.5, 0.6) is 0 Å². The molecule has 2 aliphatic heterocycles. The van der Waals surface area contributed by atoms with Crippen LogP contribution in [-0.2, 0) is 23.7 Å². The summed E-state index contributed by atoms with van der Waals surface area (Å²) in [5, 5.41) is 86.5. The summed E-state index contributed by atoms with van der Waals surface area (Å²) in [6.45, 7) is 2.73. The van der Waals surface area contributed by atoms with E-state index in [1.54, 1.807) is 6.08 Å². The lowest BCUT2D eigenvalue weighted by Gasteiger charge is -2.46. The van der Waals surface area contributed by atoms with Gasteiger partial charge >= 0.3 is 0 Å². The number of ether oxygens (including phenoxy) is 4. The molecule has 12 atom stereocenters. The lowest BCUT2D eigenvalue weighted by atomic mass is 9.97. The Hall–Kier alpha value is -1.53. The van der Waals surface area contributed by atoms with Crippen LogP contribution >= 0.6 is 0 Å². The molecule has 2 saturated heterocycles. The van der Waals surface area contributed by atoms with Gasteiger partial charge in [0.25, 0.3) is 0 Å². The smallest absolute Gasteiger partial charge is 0.220 e. The van der Waals surface area contributed by atoms with Crippen LogP contribution in [0.15, 0.2) is 24.3 Å². The topological polar surface area (TPSA) is 228 Å². The van der Waals surface area contributed by atoms with E-state index in [1.807, 2.05) is 6.08 Å². The average molecular weight is 874 g/mol. The summed E-state index contributed by atoms with van der Waals surface area (Å²) in [5.74, 6) is -0.252. The van der Waals surface area contributed by atoms with Crippen molar-refractivity contribution in [3.8, 4) is 0 Å². The number of nitrogens with one attached hydrogen (secondary N) is 1. The van der Waals surface area contributed by atoms with Crippen LogP contribution in [0.3, 0.4) is 0 Å². The number of rotatable bonds is 36. The number of amides is 1. The highest BCUT2D eigenvalue weighted by molar-refractivity contribution is 5.76. The molecule has 61 heavy (non-hydrogen) atoms. The van der Waals surface area contributed by atoms with Crippen LogP contribution < -0.4 is 5.32 Å². The second-order valence-corrected chi connectivity index (χ2v) is 17.2. The van der Waals surface area contributed by atoms with Crippen LogP contribution in [0.2, 0.25) is 0 Å². The van der Waals surface area contributed by atoms with Gasteiger partial charge in [0.1, 0.15) is 48.8 Å². The fourth-order valence-electron chi connectivity index (χ4n) is 7.89. The van der Waals surface area contributed by atoms with Crippen LogP contribution in [0.25, 0.3) is 0 Å². The molecular formula is C47H87NO13. The minimum absolute atomic E-state index is 0.252. The third-order valence-electron chi connectivity index (χ3n) is 11.9. The highest BCUT2D eigenvalue weighted by Crippen LogP contribution is 2.30. The normalized spacial score (nSPS) is 28.2. The molecule has 0 spiro atoms. The van der Waals surface area contributed by atoms with Crippen LogP contribution in [-0.4, -0.2) is 140 Å². The first-order chi connectivity index (χ1) is 29.6. The number of carbonyl (C=O) groups excluding carboxylic acids is 1. The summed E-state index contributed by atoms with van der Waals surface area (Å²) >= 11 is 0.